The van der Waals surface area contributed by atoms with Crippen molar-refractivity contribution in [2.45, 2.75) is 19.8 Å². The second kappa shape index (κ2) is 6.00. The highest BCUT2D eigenvalue weighted by Crippen LogP contribution is 2.21. The van der Waals surface area contributed by atoms with Gasteiger partial charge in [0.25, 0.3) is 0 Å². The number of ketones is 2. The van der Waals surface area contributed by atoms with Crippen LogP contribution in [0.1, 0.15) is 40.3 Å². The van der Waals surface area contributed by atoms with E-state index in [1.54, 1.807) is 0 Å². The molecule has 6 heteroatoms. The van der Waals surface area contributed by atoms with Crippen LogP contribution in [0.2, 0.25) is 0 Å². The molecule has 0 spiro atoms. The van der Waals surface area contributed by atoms with Crippen molar-refractivity contribution in [3.05, 3.63) is 29.1 Å². The summed E-state index contributed by atoms with van der Waals surface area (Å²) in [4.78, 5) is 30.2. The summed E-state index contributed by atoms with van der Waals surface area (Å²) in [5.41, 5.74) is 0.432. The van der Waals surface area contributed by atoms with E-state index in [1.165, 1.54) is 6.08 Å². The fourth-order valence-electron chi connectivity index (χ4n) is 1.98. The van der Waals surface area contributed by atoms with Crippen molar-refractivity contribution >= 4 is 11.6 Å². The summed E-state index contributed by atoms with van der Waals surface area (Å²) in [5, 5.41) is 3.01. The van der Waals surface area contributed by atoms with Crippen LogP contribution in [0.25, 0.3) is 0 Å². The standard InChI is InChI=1S/C14H19N3O3/c1-4-11-16-12-13(19)9(8-10(18)14(12)20-11)15-6-5-7-17(2)3/h8,15H,4-7H2,1-3H3. The van der Waals surface area contributed by atoms with E-state index >= 15 is 0 Å². The second-order valence-corrected chi connectivity index (χ2v) is 4.97. The van der Waals surface area contributed by atoms with Crippen LogP contribution in [-0.4, -0.2) is 48.6 Å². The van der Waals surface area contributed by atoms with Crippen molar-refractivity contribution in [1.82, 2.24) is 15.2 Å². The Bertz CT molecular complexity index is 558. The van der Waals surface area contributed by atoms with Gasteiger partial charge in [-0.1, -0.05) is 6.92 Å². The molecule has 2 rings (SSSR count). The van der Waals surface area contributed by atoms with Gasteiger partial charge in [-0.05, 0) is 27.1 Å². The summed E-state index contributed by atoms with van der Waals surface area (Å²) in [6.07, 6.45) is 2.74. The molecular formula is C14H19N3O3. The number of carbonyl (C=O) groups excluding carboxylic acids is 2. The summed E-state index contributed by atoms with van der Waals surface area (Å²) in [5.74, 6) is -0.0977. The van der Waals surface area contributed by atoms with E-state index < -0.39 is 0 Å². The maximum atomic E-state index is 12.2. The predicted molar refractivity (Wildman–Crippen MR) is 73.8 cm³/mol. The lowest BCUT2D eigenvalue weighted by molar-refractivity contribution is 0.0959. The first-order valence-electron chi connectivity index (χ1n) is 6.72. The number of rotatable bonds is 6. The monoisotopic (exact) mass is 277 g/mol. The van der Waals surface area contributed by atoms with Gasteiger partial charge in [0.15, 0.2) is 11.6 Å². The Morgan fingerprint density at radius 2 is 2.10 bits per heavy atom. The van der Waals surface area contributed by atoms with Gasteiger partial charge in [0.05, 0.1) is 5.70 Å². The zero-order valence-corrected chi connectivity index (χ0v) is 12.0. The van der Waals surface area contributed by atoms with Crippen LogP contribution in [0.3, 0.4) is 0 Å². The second-order valence-electron chi connectivity index (χ2n) is 4.97. The minimum absolute atomic E-state index is 0.0608. The van der Waals surface area contributed by atoms with Crippen LogP contribution in [0.15, 0.2) is 16.2 Å². The molecule has 20 heavy (non-hydrogen) atoms. The van der Waals surface area contributed by atoms with Crippen molar-refractivity contribution in [2.75, 3.05) is 27.2 Å². The molecule has 0 aromatic carbocycles. The highest BCUT2D eigenvalue weighted by atomic mass is 16.4. The van der Waals surface area contributed by atoms with Gasteiger partial charge in [-0.3, -0.25) is 9.59 Å². The SMILES string of the molecule is CCc1nc2c(o1)C(=O)C=C(NCCCN(C)C)C2=O. The molecule has 0 atom stereocenters. The van der Waals surface area contributed by atoms with Gasteiger partial charge in [0.2, 0.25) is 17.3 Å². The lowest BCUT2D eigenvalue weighted by Crippen LogP contribution is -2.28. The van der Waals surface area contributed by atoms with Crippen LogP contribution >= 0.6 is 0 Å². The van der Waals surface area contributed by atoms with Crippen LogP contribution in [0, 0.1) is 0 Å². The molecule has 0 saturated heterocycles. The number of fused-ring (bicyclic) bond motifs is 1. The molecule has 1 aromatic heterocycles. The van der Waals surface area contributed by atoms with Gasteiger partial charge >= 0.3 is 0 Å². The van der Waals surface area contributed by atoms with Crippen molar-refractivity contribution < 1.29 is 14.0 Å². The van der Waals surface area contributed by atoms with Crippen LogP contribution in [0.4, 0.5) is 0 Å². The van der Waals surface area contributed by atoms with E-state index in [4.69, 9.17) is 4.42 Å². The number of nitrogens with zero attached hydrogens (tertiary/aromatic N) is 2. The third-order valence-corrected chi connectivity index (χ3v) is 3.03. The van der Waals surface area contributed by atoms with Crippen LogP contribution < -0.4 is 5.32 Å². The van der Waals surface area contributed by atoms with Gasteiger partial charge in [-0.15, -0.1) is 0 Å². The fourth-order valence-corrected chi connectivity index (χ4v) is 1.98. The normalized spacial score (nSPS) is 14.5. The average Bonchev–Trinajstić information content (AvgIpc) is 2.85. The molecule has 1 aliphatic carbocycles. The molecule has 1 aliphatic rings. The third-order valence-electron chi connectivity index (χ3n) is 3.03. The Kier molecular flexibility index (Phi) is 4.34. The fraction of sp³-hybridized carbons (Fsp3) is 0.500. The van der Waals surface area contributed by atoms with E-state index in [-0.39, 0.29) is 23.0 Å². The Morgan fingerprint density at radius 1 is 1.35 bits per heavy atom. The molecule has 0 radical (unpaired) electrons. The maximum Gasteiger partial charge on any atom is 0.231 e. The molecule has 0 bridgehead atoms. The topological polar surface area (TPSA) is 75.4 Å². The largest absolute Gasteiger partial charge is 0.436 e. The van der Waals surface area contributed by atoms with Crippen LogP contribution in [-0.2, 0) is 6.42 Å². The van der Waals surface area contributed by atoms with Gasteiger partial charge in [0.1, 0.15) is 0 Å². The number of hydrogen-bond donors (Lipinski definition) is 1. The highest BCUT2D eigenvalue weighted by molar-refractivity contribution is 6.22. The predicted octanol–water partition coefficient (Wildman–Crippen LogP) is 1.04. The first-order chi connectivity index (χ1) is 9.52. The molecule has 6 nitrogen and oxygen atoms in total. The van der Waals surface area contributed by atoms with E-state index in [9.17, 15) is 9.59 Å². The third kappa shape index (κ3) is 2.96. The molecule has 0 unspecified atom stereocenters. The Labute approximate surface area is 117 Å². The summed E-state index contributed by atoms with van der Waals surface area (Å²) < 4.78 is 5.28. The molecule has 0 saturated carbocycles. The molecule has 0 fully saturated rings. The molecule has 0 amide bonds. The Hall–Kier alpha value is -1.95. The number of aromatic nitrogens is 1. The lowest BCUT2D eigenvalue weighted by Gasteiger charge is -2.13. The smallest absolute Gasteiger partial charge is 0.231 e. The average molecular weight is 277 g/mol. The highest BCUT2D eigenvalue weighted by Gasteiger charge is 2.31. The van der Waals surface area contributed by atoms with Crippen LogP contribution in [0.5, 0.6) is 0 Å². The number of Topliss-reactive ketones (excluding diaryl/α,β-unsaturated/α-hetero) is 1. The first kappa shape index (κ1) is 14.5. The molecular weight excluding hydrogens is 258 g/mol. The number of allylic oxidation sites excluding steroid dienone is 2. The van der Waals surface area contributed by atoms with Gasteiger partial charge in [0, 0.05) is 19.0 Å². The Morgan fingerprint density at radius 3 is 2.75 bits per heavy atom. The lowest BCUT2D eigenvalue weighted by atomic mass is 10.0. The first-order valence-corrected chi connectivity index (χ1v) is 6.72. The molecule has 1 N–H and O–H groups in total. The summed E-state index contributed by atoms with van der Waals surface area (Å²) in [6, 6.07) is 0. The minimum Gasteiger partial charge on any atom is -0.436 e. The van der Waals surface area contributed by atoms with Crippen molar-refractivity contribution in [1.29, 1.82) is 0 Å². The van der Waals surface area contributed by atoms with E-state index in [0.29, 0.717) is 24.6 Å². The maximum absolute atomic E-state index is 12.2. The number of aryl methyl sites for hydroxylation is 1. The Balaban J connectivity index is 2.05. The molecule has 108 valence electrons. The zero-order valence-electron chi connectivity index (χ0n) is 12.0. The minimum atomic E-state index is -0.304. The van der Waals surface area contributed by atoms with Gasteiger partial charge in [-0.25, -0.2) is 4.98 Å². The quantitative estimate of drug-likeness (QED) is 0.783. The summed E-state index contributed by atoms with van der Waals surface area (Å²) >= 11 is 0. The number of oxazole rings is 1. The number of carbonyl (C=O) groups is 2. The molecule has 1 aromatic rings. The summed E-state index contributed by atoms with van der Waals surface area (Å²) in [7, 11) is 3.98. The van der Waals surface area contributed by atoms with Crippen molar-refractivity contribution in [2.24, 2.45) is 0 Å². The van der Waals surface area contributed by atoms with Gasteiger partial charge in [-0.2, -0.15) is 0 Å². The van der Waals surface area contributed by atoms with E-state index in [2.05, 4.69) is 15.2 Å². The number of nitrogens with one attached hydrogen (secondary N) is 1. The zero-order chi connectivity index (χ0) is 14.7. The van der Waals surface area contributed by atoms with E-state index in [1.807, 2.05) is 21.0 Å². The number of hydrogen-bond acceptors (Lipinski definition) is 6. The van der Waals surface area contributed by atoms with Crippen molar-refractivity contribution in [3.63, 3.8) is 0 Å². The van der Waals surface area contributed by atoms with E-state index in [0.717, 1.165) is 13.0 Å². The summed E-state index contributed by atoms with van der Waals surface area (Å²) in [6.45, 7) is 3.41. The molecule has 1 heterocycles. The molecule has 0 aliphatic heterocycles. The van der Waals surface area contributed by atoms with Gasteiger partial charge < -0.3 is 14.6 Å². The van der Waals surface area contributed by atoms with Crippen molar-refractivity contribution in [3.8, 4) is 0 Å².